The average Bonchev–Trinajstić information content (AvgIpc) is 2.63. The smallest absolute Gasteiger partial charge is 0.255 e. The number of hydrogen-bond acceptors (Lipinski definition) is 4. The summed E-state index contributed by atoms with van der Waals surface area (Å²) in [5.41, 5.74) is 6.60. The Morgan fingerprint density at radius 2 is 1.65 bits per heavy atom. The van der Waals surface area contributed by atoms with Gasteiger partial charge >= 0.3 is 0 Å². The lowest BCUT2D eigenvalue weighted by Gasteiger charge is -2.09. The van der Waals surface area contributed by atoms with Crippen molar-refractivity contribution in [3.8, 4) is 11.5 Å². The number of rotatable bonds is 5. The van der Waals surface area contributed by atoms with Crippen LogP contribution in [0.15, 0.2) is 60.7 Å². The minimum Gasteiger partial charge on any atom is -0.457 e. The van der Waals surface area contributed by atoms with E-state index in [1.807, 2.05) is 48.5 Å². The van der Waals surface area contributed by atoms with E-state index in [2.05, 4.69) is 32.9 Å². The molecule has 0 atom stereocenters. The first-order valence-electron chi connectivity index (χ1n) is 7.74. The van der Waals surface area contributed by atoms with Crippen molar-refractivity contribution in [1.82, 2.24) is 10.3 Å². The van der Waals surface area contributed by atoms with Crippen LogP contribution >= 0.6 is 22.6 Å². The molecule has 0 aliphatic carbocycles. The molecule has 132 valence electrons. The molecule has 1 amide bonds. The van der Waals surface area contributed by atoms with E-state index in [1.54, 1.807) is 0 Å². The molecular weight excluding hydrogens is 448 g/mol. The number of halogens is 2. The van der Waals surface area contributed by atoms with E-state index in [-0.39, 0.29) is 11.4 Å². The molecule has 7 heteroatoms. The van der Waals surface area contributed by atoms with E-state index in [0.29, 0.717) is 12.3 Å². The maximum absolute atomic E-state index is 12.9. The normalized spacial score (nSPS) is 10.4. The molecule has 0 saturated carbocycles. The Morgan fingerprint density at radius 3 is 2.27 bits per heavy atom. The number of hydrogen-bond donors (Lipinski definition) is 2. The molecule has 5 nitrogen and oxygen atoms in total. The van der Waals surface area contributed by atoms with Crippen LogP contribution in [0.25, 0.3) is 0 Å². The first kappa shape index (κ1) is 18.1. The standard InChI is InChI=1S/C19H15FIN3O2/c20-17-10-9-16(18(22)24-17)19(25)23-11-12-1-5-14(6-2-12)26-15-7-3-13(21)4-8-15/h1-10H,11H2,(H2,22,24)(H,23,25). The molecule has 3 rings (SSSR count). The van der Waals surface area contributed by atoms with E-state index >= 15 is 0 Å². The molecule has 0 radical (unpaired) electrons. The lowest BCUT2D eigenvalue weighted by atomic mass is 10.2. The fourth-order valence-electron chi connectivity index (χ4n) is 2.23. The summed E-state index contributed by atoms with van der Waals surface area (Å²) in [5.74, 6) is 0.194. The highest BCUT2D eigenvalue weighted by atomic mass is 127. The highest BCUT2D eigenvalue weighted by Crippen LogP contribution is 2.22. The maximum Gasteiger partial charge on any atom is 0.255 e. The largest absolute Gasteiger partial charge is 0.457 e. The lowest BCUT2D eigenvalue weighted by Crippen LogP contribution is -2.24. The zero-order valence-electron chi connectivity index (χ0n) is 13.6. The number of benzene rings is 2. The van der Waals surface area contributed by atoms with Crippen LogP contribution in [0.1, 0.15) is 15.9 Å². The van der Waals surface area contributed by atoms with Gasteiger partial charge in [-0.1, -0.05) is 12.1 Å². The monoisotopic (exact) mass is 463 g/mol. The summed E-state index contributed by atoms with van der Waals surface area (Å²) in [6.45, 7) is 0.305. The van der Waals surface area contributed by atoms with Crippen LogP contribution in [0.4, 0.5) is 10.2 Å². The summed E-state index contributed by atoms with van der Waals surface area (Å²) in [6, 6.07) is 17.5. The van der Waals surface area contributed by atoms with Crippen molar-refractivity contribution in [2.24, 2.45) is 0 Å². The van der Waals surface area contributed by atoms with Crippen LogP contribution in [0.5, 0.6) is 11.5 Å². The number of ether oxygens (including phenoxy) is 1. The molecule has 0 bridgehead atoms. The Kier molecular flexibility index (Phi) is 5.67. The minimum absolute atomic E-state index is 0.135. The van der Waals surface area contributed by atoms with Crippen LogP contribution in [0.2, 0.25) is 0 Å². The predicted octanol–water partition coefficient (Wildman–Crippen LogP) is 4.13. The second-order valence-electron chi connectivity index (χ2n) is 5.45. The molecule has 0 fully saturated rings. The van der Waals surface area contributed by atoms with Crippen LogP contribution < -0.4 is 15.8 Å². The number of amides is 1. The molecule has 26 heavy (non-hydrogen) atoms. The van der Waals surface area contributed by atoms with Crippen molar-refractivity contribution in [3.05, 3.63) is 81.3 Å². The van der Waals surface area contributed by atoms with Crippen LogP contribution in [-0.4, -0.2) is 10.9 Å². The van der Waals surface area contributed by atoms with E-state index in [1.165, 1.54) is 6.07 Å². The van der Waals surface area contributed by atoms with Gasteiger partial charge in [0.15, 0.2) is 0 Å². The second-order valence-corrected chi connectivity index (χ2v) is 6.70. The number of carbonyl (C=O) groups excluding carboxylic acids is 1. The fourth-order valence-corrected chi connectivity index (χ4v) is 2.59. The van der Waals surface area contributed by atoms with E-state index in [9.17, 15) is 9.18 Å². The Bertz CT molecular complexity index is 915. The Morgan fingerprint density at radius 1 is 1.04 bits per heavy atom. The average molecular weight is 463 g/mol. The molecular formula is C19H15FIN3O2. The van der Waals surface area contributed by atoms with E-state index < -0.39 is 11.9 Å². The van der Waals surface area contributed by atoms with Gasteiger partial charge in [-0.3, -0.25) is 4.79 Å². The number of aromatic nitrogens is 1. The van der Waals surface area contributed by atoms with Gasteiger partial charge in [-0.05, 0) is 76.7 Å². The van der Waals surface area contributed by atoms with Gasteiger partial charge in [0.1, 0.15) is 17.3 Å². The van der Waals surface area contributed by atoms with Gasteiger partial charge in [-0.15, -0.1) is 0 Å². The van der Waals surface area contributed by atoms with Crippen molar-refractivity contribution in [3.63, 3.8) is 0 Å². The summed E-state index contributed by atoms with van der Waals surface area (Å²) in [7, 11) is 0. The second kappa shape index (κ2) is 8.13. The zero-order chi connectivity index (χ0) is 18.5. The molecule has 1 heterocycles. The molecule has 3 N–H and O–H groups in total. The Hall–Kier alpha value is -2.68. The summed E-state index contributed by atoms with van der Waals surface area (Å²) >= 11 is 2.23. The predicted molar refractivity (Wildman–Crippen MR) is 105 cm³/mol. The van der Waals surface area contributed by atoms with Crippen LogP contribution in [0.3, 0.4) is 0 Å². The van der Waals surface area contributed by atoms with Crippen molar-refractivity contribution in [1.29, 1.82) is 0 Å². The minimum atomic E-state index is -0.720. The van der Waals surface area contributed by atoms with Crippen molar-refractivity contribution in [2.75, 3.05) is 5.73 Å². The number of pyridine rings is 1. The Labute approximate surface area is 163 Å². The van der Waals surface area contributed by atoms with Gasteiger partial charge in [-0.2, -0.15) is 4.39 Å². The van der Waals surface area contributed by atoms with E-state index in [0.717, 1.165) is 20.9 Å². The van der Waals surface area contributed by atoms with Crippen molar-refractivity contribution >= 4 is 34.3 Å². The third kappa shape index (κ3) is 4.69. The topological polar surface area (TPSA) is 77.2 Å². The van der Waals surface area contributed by atoms with Gasteiger partial charge in [-0.25, -0.2) is 4.98 Å². The van der Waals surface area contributed by atoms with Gasteiger partial charge < -0.3 is 15.8 Å². The molecule has 0 spiro atoms. The molecule has 0 unspecified atom stereocenters. The summed E-state index contributed by atoms with van der Waals surface area (Å²) in [5, 5.41) is 2.73. The number of anilines is 1. The molecule has 0 saturated heterocycles. The van der Waals surface area contributed by atoms with E-state index in [4.69, 9.17) is 10.5 Å². The van der Waals surface area contributed by atoms with Gasteiger partial charge in [0.2, 0.25) is 5.95 Å². The van der Waals surface area contributed by atoms with Crippen LogP contribution in [0, 0.1) is 9.52 Å². The third-order valence-corrected chi connectivity index (χ3v) is 4.28. The van der Waals surface area contributed by atoms with Crippen LogP contribution in [-0.2, 0) is 6.54 Å². The molecule has 1 aromatic heterocycles. The number of carbonyl (C=O) groups is 1. The number of nitrogen functional groups attached to an aromatic ring is 1. The molecule has 0 aliphatic rings. The summed E-state index contributed by atoms with van der Waals surface area (Å²) in [6.07, 6.45) is 0. The summed E-state index contributed by atoms with van der Waals surface area (Å²) in [4.78, 5) is 15.5. The quantitative estimate of drug-likeness (QED) is 0.441. The summed E-state index contributed by atoms with van der Waals surface area (Å²) < 4.78 is 19.8. The SMILES string of the molecule is Nc1nc(F)ccc1C(=O)NCc1ccc(Oc2ccc(I)cc2)cc1. The van der Waals surface area contributed by atoms with Crippen molar-refractivity contribution < 1.29 is 13.9 Å². The maximum atomic E-state index is 12.9. The third-order valence-electron chi connectivity index (χ3n) is 3.56. The highest BCUT2D eigenvalue weighted by molar-refractivity contribution is 14.1. The fraction of sp³-hybridized carbons (Fsp3) is 0.0526. The molecule has 2 aromatic carbocycles. The first-order chi connectivity index (χ1) is 12.5. The van der Waals surface area contributed by atoms with Crippen molar-refractivity contribution in [2.45, 2.75) is 6.54 Å². The van der Waals surface area contributed by atoms with Gasteiger partial charge in [0, 0.05) is 10.1 Å². The first-order valence-corrected chi connectivity index (χ1v) is 8.82. The molecule has 0 aliphatic heterocycles. The number of nitrogens with zero attached hydrogens (tertiary/aromatic N) is 1. The van der Waals surface area contributed by atoms with Gasteiger partial charge in [0.25, 0.3) is 5.91 Å². The number of nitrogens with one attached hydrogen (secondary N) is 1. The number of nitrogens with two attached hydrogens (primary N) is 1. The highest BCUT2D eigenvalue weighted by Gasteiger charge is 2.11. The lowest BCUT2D eigenvalue weighted by molar-refractivity contribution is 0.0951. The Balaban J connectivity index is 1.58. The zero-order valence-corrected chi connectivity index (χ0v) is 15.7. The van der Waals surface area contributed by atoms with Gasteiger partial charge in [0.05, 0.1) is 5.56 Å². The molecule has 3 aromatic rings.